The SMILES string of the molecule is O=C(c1ccccc1)N1CCC(N2CCCC(C(=O)N3CCOCC3)C2)CC1. The van der Waals surface area contributed by atoms with Crippen molar-refractivity contribution in [1.29, 1.82) is 0 Å². The highest BCUT2D eigenvalue weighted by molar-refractivity contribution is 5.94. The van der Waals surface area contributed by atoms with Gasteiger partial charge in [0.25, 0.3) is 5.91 Å². The molecule has 6 heteroatoms. The van der Waals surface area contributed by atoms with Crippen LogP contribution in [0.1, 0.15) is 36.0 Å². The maximum atomic E-state index is 12.9. The number of hydrogen-bond acceptors (Lipinski definition) is 4. The number of benzene rings is 1. The minimum Gasteiger partial charge on any atom is -0.378 e. The maximum Gasteiger partial charge on any atom is 0.253 e. The van der Waals surface area contributed by atoms with Crippen LogP contribution in [-0.2, 0) is 9.53 Å². The summed E-state index contributed by atoms with van der Waals surface area (Å²) in [6, 6.07) is 10.0. The van der Waals surface area contributed by atoms with Crippen LogP contribution in [0.3, 0.4) is 0 Å². The Hall–Kier alpha value is -1.92. The van der Waals surface area contributed by atoms with E-state index in [1.165, 1.54) is 0 Å². The third-order valence-electron chi connectivity index (χ3n) is 6.41. The Bertz CT molecular complexity index is 667. The van der Waals surface area contributed by atoms with Gasteiger partial charge in [-0.05, 0) is 44.4 Å². The summed E-state index contributed by atoms with van der Waals surface area (Å²) < 4.78 is 5.38. The van der Waals surface area contributed by atoms with Crippen LogP contribution in [-0.4, -0.2) is 85.0 Å². The molecule has 3 aliphatic heterocycles. The summed E-state index contributed by atoms with van der Waals surface area (Å²) in [5.74, 6) is 0.568. The molecule has 0 radical (unpaired) electrons. The first-order valence-electron chi connectivity index (χ1n) is 10.7. The van der Waals surface area contributed by atoms with Crippen LogP contribution < -0.4 is 0 Å². The van der Waals surface area contributed by atoms with Gasteiger partial charge >= 0.3 is 0 Å². The summed E-state index contributed by atoms with van der Waals surface area (Å²) in [7, 11) is 0. The minimum atomic E-state index is 0.121. The summed E-state index contributed by atoms with van der Waals surface area (Å²) in [6.45, 7) is 6.34. The van der Waals surface area contributed by atoms with Crippen molar-refractivity contribution in [3.8, 4) is 0 Å². The predicted molar refractivity (Wildman–Crippen MR) is 107 cm³/mol. The molecule has 0 saturated carbocycles. The number of carbonyl (C=O) groups excluding carboxylic acids is 2. The predicted octanol–water partition coefficient (Wildman–Crippen LogP) is 1.86. The first kappa shape index (κ1) is 19.4. The van der Waals surface area contributed by atoms with E-state index in [9.17, 15) is 9.59 Å². The highest BCUT2D eigenvalue weighted by atomic mass is 16.5. The van der Waals surface area contributed by atoms with E-state index in [0.29, 0.717) is 25.2 Å². The molecular weight excluding hydrogens is 354 g/mol. The van der Waals surface area contributed by atoms with E-state index in [1.54, 1.807) is 0 Å². The normalized spacial score (nSPS) is 24.9. The van der Waals surface area contributed by atoms with Crippen molar-refractivity contribution in [3.63, 3.8) is 0 Å². The van der Waals surface area contributed by atoms with Crippen molar-refractivity contribution in [2.45, 2.75) is 31.7 Å². The second-order valence-corrected chi connectivity index (χ2v) is 8.16. The number of hydrogen-bond donors (Lipinski definition) is 0. The average Bonchev–Trinajstić information content (AvgIpc) is 2.79. The number of piperidine rings is 2. The Morgan fingerprint density at radius 1 is 0.857 bits per heavy atom. The zero-order valence-electron chi connectivity index (χ0n) is 16.6. The molecule has 3 fully saturated rings. The molecule has 0 aliphatic carbocycles. The highest BCUT2D eigenvalue weighted by Crippen LogP contribution is 2.26. The molecule has 1 atom stereocenters. The first-order chi connectivity index (χ1) is 13.7. The van der Waals surface area contributed by atoms with E-state index < -0.39 is 0 Å². The molecule has 0 spiro atoms. The lowest BCUT2D eigenvalue weighted by molar-refractivity contribution is -0.141. The lowest BCUT2D eigenvalue weighted by Crippen LogP contribution is -2.53. The Morgan fingerprint density at radius 3 is 2.29 bits per heavy atom. The second-order valence-electron chi connectivity index (χ2n) is 8.16. The van der Waals surface area contributed by atoms with Gasteiger partial charge in [0.15, 0.2) is 0 Å². The fraction of sp³-hybridized carbons (Fsp3) is 0.636. The van der Waals surface area contributed by atoms with Gasteiger partial charge in [0.1, 0.15) is 0 Å². The lowest BCUT2D eigenvalue weighted by atomic mass is 9.92. The van der Waals surface area contributed by atoms with E-state index in [2.05, 4.69) is 4.90 Å². The van der Waals surface area contributed by atoms with Gasteiger partial charge in [-0.25, -0.2) is 0 Å². The Balaban J connectivity index is 1.29. The molecule has 152 valence electrons. The van der Waals surface area contributed by atoms with Gasteiger partial charge in [-0.15, -0.1) is 0 Å². The first-order valence-corrected chi connectivity index (χ1v) is 10.7. The fourth-order valence-electron chi connectivity index (χ4n) is 4.78. The van der Waals surface area contributed by atoms with Gasteiger partial charge in [0.05, 0.1) is 19.1 Å². The number of amides is 2. The molecule has 6 nitrogen and oxygen atoms in total. The van der Waals surface area contributed by atoms with Crippen LogP contribution in [0.25, 0.3) is 0 Å². The van der Waals surface area contributed by atoms with E-state index in [-0.39, 0.29) is 11.8 Å². The maximum absolute atomic E-state index is 12.9. The third-order valence-corrected chi connectivity index (χ3v) is 6.41. The van der Waals surface area contributed by atoms with Crippen LogP contribution in [0.5, 0.6) is 0 Å². The molecule has 3 saturated heterocycles. The second kappa shape index (κ2) is 9.05. The van der Waals surface area contributed by atoms with Gasteiger partial charge in [-0.2, -0.15) is 0 Å². The molecule has 2 amide bonds. The number of nitrogens with zero attached hydrogens (tertiary/aromatic N) is 3. The molecule has 3 heterocycles. The van der Waals surface area contributed by atoms with E-state index in [0.717, 1.165) is 70.5 Å². The molecule has 1 unspecified atom stereocenters. The van der Waals surface area contributed by atoms with E-state index in [4.69, 9.17) is 4.74 Å². The van der Waals surface area contributed by atoms with Crippen molar-refractivity contribution in [1.82, 2.24) is 14.7 Å². The zero-order chi connectivity index (χ0) is 19.3. The van der Waals surface area contributed by atoms with Crippen molar-refractivity contribution in [3.05, 3.63) is 35.9 Å². The monoisotopic (exact) mass is 385 g/mol. The summed E-state index contributed by atoms with van der Waals surface area (Å²) in [5.41, 5.74) is 0.773. The number of ether oxygens (including phenoxy) is 1. The number of morpholine rings is 1. The average molecular weight is 386 g/mol. The van der Waals surface area contributed by atoms with E-state index >= 15 is 0 Å². The minimum absolute atomic E-state index is 0.121. The molecule has 0 aromatic heterocycles. The van der Waals surface area contributed by atoms with Gasteiger partial charge in [0.2, 0.25) is 5.91 Å². The number of carbonyl (C=O) groups is 2. The topological polar surface area (TPSA) is 53.1 Å². The summed E-state index contributed by atoms with van der Waals surface area (Å²) in [5, 5.41) is 0. The van der Waals surface area contributed by atoms with Crippen molar-refractivity contribution in [2.24, 2.45) is 5.92 Å². The largest absolute Gasteiger partial charge is 0.378 e. The van der Waals surface area contributed by atoms with Gasteiger partial charge in [0, 0.05) is 44.3 Å². The molecule has 0 N–H and O–H groups in total. The standard InChI is InChI=1S/C22H31N3O3/c26-21(18-5-2-1-3-6-18)23-11-8-20(9-12-23)25-10-4-7-19(17-25)22(27)24-13-15-28-16-14-24/h1-3,5-6,19-20H,4,7-17H2. The molecule has 1 aromatic rings. The van der Waals surface area contributed by atoms with Crippen LogP contribution in [0, 0.1) is 5.92 Å². The number of likely N-dealkylation sites (tertiary alicyclic amines) is 2. The third kappa shape index (κ3) is 4.39. The van der Waals surface area contributed by atoms with Crippen LogP contribution in [0.4, 0.5) is 0 Å². The van der Waals surface area contributed by atoms with Crippen LogP contribution in [0.2, 0.25) is 0 Å². The van der Waals surface area contributed by atoms with Gasteiger partial charge in [-0.1, -0.05) is 18.2 Å². The highest BCUT2D eigenvalue weighted by Gasteiger charge is 2.34. The van der Waals surface area contributed by atoms with Crippen molar-refractivity contribution >= 4 is 11.8 Å². The Kier molecular flexibility index (Phi) is 6.27. The van der Waals surface area contributed by atoms with Crippen molar-refractivity contribution < 1.29 is 14.3 Å². The number of rotatable bonds is 3. The van der Waals surface area contributed by atoms with Crippen LogP contribution >= 0.6 is 0 Å². The fourth-order valence-corrected chi connectivity index (χ4v) is 4.78. The smallest absolute Gasteiger partial charge is 0.253 e. The summed E-state index contributed by atoms with van der Waals surface area (Å²) >= 11 is 0. The molecule has 1 aromatic carbocycles. The quantitative estimate of drug-likeness (QED) is 0.797. The zero-order valence-corrected chi connectivity index (χ0v) is 16.6. The Morgan fingerprint density at radius 2 is 1.57 bits per heavy atom. The summed E-state index contributed by atoms with van der Waals surface area (Å²) in [6.07, 6.45) is 4.08. The molecule has 3 aliphatic rings. The lowest BCUT2D eigenvalue weighted by Gasteiger charge is -2.43. The van der Waals surface area contributed by atoms with Gasteiger partial charge in [-0.3, -0.25) is 14.5 Å². The molecule has 28 heavy (non-hydrogen) atoms. The van der Waals surface area contributed by atoms with Gasteiger partial charge < -0.3 is 14.5 Å². The summed E-state index contributed by atoms with van der Waals surface area (Å²) in [4.78, 5) is 32.0. The van der Waals surface area contributed by atoms with Crippen molar-refractivity contribution in [2.75, 3.05) is 52.5 Å². The molecular formula is C22H31N3O3. The van der Waals surface area contributed by atoms with Crippen LogP contribution in [0.15, 0.2) is 30.3 Å². The van der Waals surface area contributed by atoms with E-state index in [1.807, 2.05) is 40.1 Å². The Labute approximate surface area is 167 Å². The molecule has 4 rings (SSSR count). The molecule has 0 bridgehead atoms.